The van der Waals surface area contributed by atoms with E-state index in [0.717, 1.165) is 27.7 Å². The predicted molar refractivity (Wildman–Crippen MR) is 103 cm³/mol. The van der Waals surface area contributed by atoms with Crippen molar-refractivity contribution in [3.05, 3.63) is 71.5 Å². The summed E-state index contributed by atoms with van der Waals surface area (Å²) in [4.78, 5) is 12.9. The summed E-state index contributed by atoms with van der Waals surface area (Å²) in [7, 11) is -1.68. The molecule has 3 heterocycles. The minimum atomic E-state index is -1.68. The Kier molecular flexibility index (Phi) is 4.23. The van der Waals surface area contributed by atoms with Gasteiger partial charge in [0.1, 0.15) is 5.58 Å². The maximum atomic E-state index is 12.9. The Bertz CT molecular complexity index is 1030. The number of amides is 1. The zero-order valence-corrected chi connectivity index (χ0v) is 15.1. The lowest BCUT2D eigenvalue weighted by Crippen LogP contribution is -2.50. The van der Waals surface area contributed by atoms with Crippen molar-refractivity contribution in [1.29, 1.82) is 0 Å². The Morgan fingerprint density at radius 2 is 1.89 bits per heavy atom. The molecule has 142 valence electrons. The topological polar surface area (TPSA) is 91.9 Å². The summed E-state index contributed by atoms with van der Waals surface area (Å²) in [6.07, 6.45) is 2.14. The predicted octanol–water partition coefficient (Wildman–Crippen LogP) is 2.30. The number of furan rings is 1. The Hall–Kier alpha value is -2.61. The molecule has 2 aliphatic rings. The van der Waals surface area contributed by atoms with E-state index in [1.807, 2.05) is 48.5 Å². The van der Waals surface area contributed by atoms with Gasteiger partial charge in [-0.2, -0.15) is 0 Å². The third-order valence-corrected chi connectivity index (χ3v) is 5.82. The van der Waals surface area contributed by atoms with Crippen LogP contribution >= 0.6 is 0 Å². The summed E-state index contributed by atoms with van der Waals surface area (Å²) in [5, 5.41) is 23.4. The summed E-state index contributed by atoms with van der Waals surface area (Å²) in [5.74, 6) is -1.38. The summed E-state index contributed by atoms with van der Waals surface area (Å²) < 4.78 is 11.5. The van der Waals surface area contributed by atoms with Crippen LogP contribution in [0.5, 0.6) is 0 Å². The van der Waals surface area contributed by atoms with E-state index >= 15 is 0 Å². The van der Waals surface area contributed by atoms with Crippen molar-refractivity contribution in [3.63, 3.8) is 0 Å². The van der Waals surface area contributed by atoms with Crippen LogP contribution < -0.4 is 5.32 Å². The van der Waals surface area contributed by atoms with Crippen molar-refractivity contribution >= 4 is 24.0 Å². The zero-order chi connectivity index (χ0) is 19.3. The van der Waals surface area contributed by atoms with E-state index in [1.165, 1.54) is 0 Å². The molecular formula is C21H20BNO5. The van der Waals surface area contributed by atoms with Crippen molar-refractivity contribution in [3.8, 4) is 0 Å². The molecule has 3 N–H and O–H groups in total. The second-order valence-corrected chi connectivity index (χ2v) is 7.51. The molecule has 2 bridgehead atoms. The molecule has 3 aromatic rings. The summed E-state index contributed by atoms with van der Waals surface area (Å²) in [6, 6.07) is 15.5. The van der Waals surface area contributed by atoms with Crippen molar-refractivity contribution < 1.29 is 24.0 Å². The second-order valence-electron chi connectivity index (χ2n) is 7.51. The lowest BCUT2D eigenvalue weighted by Gasteiger charge is -2.24. The fourth-order valence-corrected chi connectivity index (χ4v) is 4.43. The molecule has 0 radical (unpaired) electrons. The molecular weight excluding hydrogens is 357 g/mol. The minimum Gasteiger partial charge on any atom is -0.464 e. The average Bonchev–Trinajstić information content (AvgIpc) is 3.41. The van der Waals surface area contributed by atoms with Crippen molar-refractivity contribution in [2.24, 2.45) is 5.92 Å². The molecule has 0 saturated carbocycles. The van der Waals surface area contributed by atoms with E-state index in [4.69, 9.17) is 9.15 Å². The number of nitrogens with one attached hydrogen (secondary N) is 1. The highest BCUT2D eigenvalue weighted by Crippen LogP contribution is 2.53. The van der Waals surface area contributed by atoms with Crippen LogP contribution in [0, 0.1) is 5.92 Å². The van der Waals surface area contributed by atoms with Crippen molar-refractivity contribution in [1.82, 2.24) is 5.32 Å². The van der Waals surface area contributed by atoms with Crippen molar-refractivity contribution in [2.45, 2.75) is 31.0 Å². The molecule has 0 aliphatic carbocycles. The minimum absolute atomic E-state index is 0.0627. The molecule has 1 amide bonds. The van der Waals surface area contributed by atoms with E-state index in [1.54, 1.807) is 6.26 Å². The third-order valence-electron chi connectivity index (χ3n) is 5.82. The quantitative estimate of drug-likeness (QED) is 0.594. The van der Waals surface area contributed by atoms with Gasteiger partial charge in [-0.1, -0.05) is 42.5 Å². The van der Waals surface area contributed by atoms with Crippen LogP contribution in [-0.2, 0) is 16.0 Å². The molecule has 7 heteroatoms. The Morgan fingerprint density at radius 3 is 2.71 bits per heavy atom. The van der Waals surface area contributed by atoms with E-state index in [0.29, 0.717) is 6.42 Å². The number of rotatable bonds is 5. The highest BCUT2D eigenvalue weighted by Gasteiger charge is 2.48. The third kappa shape index (κ3) is 2.83. The molecule has 5 rings (SSSR count). The van der Waals surface area contributed by atoms with Gasteiger partial charge >= 0.3 is 7.12 Å². The first kappa shape index (κ1) is 17.5. The second kappa shape index (κ2) is 6.77. The van der Waals surface area contributed by atoms with Crippen LogP contribution in [0.1, 0.15) is 35.3 Å². The Balaban J connectivity index is 1.33. The number of fused-ring (bicyclic) bond motifs is 6. The highest BCUT2D eigenvalue weighted by molar-refractivity contribution is 6.43. The molecule has 1 saturated heterocycles. The number of hydrogen-bond acceptors (Lipinski definition) is 5. The maximum absolute atomic E-state index is 12.9. The number of benzene rings is 2. The van der Waals surface area contributed by atoms with Gasteiger partial charge < -0.3 is 24.5 Å². The van der Waals surface area contributed by atoms with Gasteiger partial charge in [-0.15, -0.1) is 0 Å². The fourth-order valence-electron chi connectivity index (χ4n) is 4.43. The summed E-state index contributed by atoms with van der Waals surface area (Å²) >= 11 is 0. The van der Waals surface area contributed by atoms with Gasteiger partial charge in [-0.05, 0) is 35.6 Å². The molecule has 6 nitrogen and oxygen atoms in total. The van der Waals surface area contributed by atoms with Gasteiger partial charge in [0.2, 0.25) is 5.91 Å². The Morgan fingerprint density at radius 1 is 1.14 bits per heavy atom. The molecule has 2 aliphatic heterocycles. The number of hydrogen-bond donors (Lipinski definition) is 3. The molecule has 1 unspecified atom stereocenters. The molecule has 0 spiro atoms. The summed E-state index contributed by atoms with van der Waals surface area (Å²) in [6.45, 7) is 0. The Labute approximate surface area is 162 Å². The van der Waals surface area contributed by atoms with Crippen LogP contribution in [0.4, 0.5) is 0 Å². The number of carbonyl (C=O) groups excluding carboxylic acids is 1. The van der Waals surface area contributed by atoms with Crippen molar-refractivity contribution in [2.75, 3.05) is 0 Å². The van der Waals surface area contributed by atoms with Crippen LogP contribution in [0.2, 0.25) is 0 Å². The van der Waals surface area contributed by atoms with Crippen LogP contribution in [0.3, 0.4) is 0 Å². The summed E-state index contributed by atoms with van der Waals surface area (Å²) in [5.41, 5.74) is 3.76. The van der Waals surface area contributed by atoms with Gasteiger partial charge in [-0.3, -0.25) is 4.79 Å². The zero-order valence-electron chi connectivity index (χ0n) is 15.1. The first-order valence-electron chi connectivity index (χ1n) is 9.47. The standard InChI is InChI=1S/C21H20BNO5/c24-21(16-10-18-14-6-1-2-7-15(14)20(16)28-18)23-19(22(25)26)9-12-11-27-17-8-4-3-5-13(12)17/h1-8,11,16,18-20,25-26H,9-10H2,(H,23,24)/t16?,18-,19-,20-/m0/s1. The van der Waals surface area contributed by atoms with Gasteiger partial charge in [0, 0.05) is 5.39 Å². The molecule has 28 heavy (non-hydrogen) atoms. The number of ether oxygens (including phenoxy) is 1. The van der Waals surface area contributed by atoms with Crippen LogP contribution in [0.15, 0.2) is 59.2 Å². The lowest BCUT2D eigenvalue weighted by atomic mass is 9.75. The van der Waals surface area contributed by atoms with E-state index in [-0.39, 0.29) is 30.5 Å². The molecule has 2 aromatic carbocycles. The molecule has 1 fully saturated rings. The van der Waals surface area contributed by atoms with Crippen LogP contribution in [-0.4, -0.2) is 29.0 Å². The van der Waals surface area contributed by atoms with Gasteiger partial charge in [0.25, 0.3) is 0 Å². The lowest BCUT2D eigenvalue weighted by molar-refractivity contribution is -0.127. The SMILES string of the molecule is O=C(N[C@@H](Cc1coc2ccccc12)B(O)O)C1C[C@@H]2O[C@H]1c1ccccc12. The van der Waals surface area contributed by atoms with Gasteiger partial charge in [0.05, 0.1) is 30.3 Å². The van der Waals surface area contributed by atoms with Gasteiger partial charge in [0.15, 0.2) is 0 Å². The van der Waals surface area contributed by atoms with Gasteiger partial charge in [-0.25, -0.2) is 0 Å². The average molecular weight is 377 g/mol. The molecule has 4 atom stereocenters. The number of para-hydroxylation sites is 1. The van der Waals surface area contributed by atoms with E-state index in [9.17, 15) is 14.8 Å². The fraction of sp³-hybridized carbons (Fsp3) is 0.286. The largest absolute Gasteiger partial charge is 0.475 e. The maximum Gasteiger partial charge on any atom is 0.475 e. The first-order chi connectivity index (χ1) is 13.6. The molecule has 1 aromatic heterocycles. The monoisotopic (exact) mass is 377 g/mol. The normalized spacial score (nSPS) is 23.6. The van der Waals surface area contributed by atoms with Crippen LogP contribution in [0.25, 0.3) is 11.0 Å². The smallest absolute Gasteiger partial charge is 0.464 e. The van der Waals surface area contributed by atoms with E-state index in [2.05, 4.69) is 5.32 Å². The van der Waals surface area contributed by atoms with E-state index < -0.39 is 13.1 Å². The first-order valence-corrected chi connectivity index (χ1v) is 9.47. The highest BCUT2D eigenvalue weighted by atomic mass is 16.5. The number of carbonyl (C=O) groups is 1.